The fourth-order valence-corrected chi connectivity index (χ4v) is 0.622. The van der Waals surface area contributed by atoms with Gasteiger partial charge in [-0.25, -0.2) is 8.42 Å². The van der Waals surface area contributed by atoms with Gasteiger partial charge in [0, 0.05) is 12.4 Å². The molecular weight excluding hydrogens is 149 g/mol. The molecule has 0 saturated heterocycles. The third-order valence-corrected chi connectivity index (χ3v) is 1.43. The van der Waals surface area contributed by atoms with E-state index in [2.05, 4.69) is 13.2 Å². The Morgan fingerprint density at radius 3 is 1.60 bits per heavy atom. The van der Waals surface area contributed by atoms with Crippen LogP contribution in [-0.4, -0.2) is 17.3 Å². The SMILES string of the molecule is C=CN(C=C)S(=O)(=O)[O-].[Li+]. The van der Waals surface area contributed by atoms with E-state index in [1.807, 2.05) is 0 Å². The van der Waals surface area contributed by atoms with E-state index < -0.39 is 10.3 Å². The van der Waals surface area contributed by atoms with Crippen LogP contribution in [0.15, 0.2) is 25.6 Å². The first-order valence-corrected chi connectivity index (χ1v) is 3.38. The molecule has 0 bridgehead atoms. The second kappa shape index (κ2) is 4.58. The Morgan fingerprint density at radius 2 is 1.60 bits per heavy atom. The zero-order valence-electron chi connectivity index (χ0n) is 5.65. The van der Waals surface area contributed by atoms with E-state index in [-0.39, 0.29) is 18.9 Å². The summed E-state index contributed by atoms with van der Waals surface area (Å²) in [7, 11) is -4.42. The van der Waals surface area contributed by atoms with Gasteiger partial charge in [-0.3, -0.25) is 4.31 Å². The molecule has 0 saturated carbocycles. The maximum atomic E-state index is 10.0. The Labute approximate surface area is 72.3 Å². The molecule has 0 aromatic heterocycles. The molecule has 0 fully saturated rings. The van der Waals surface area contributed by atoms with E-state index in [9.17, 15) is 13.0 Å². The minimum absolute atomic E-state index is 0. The first-order valence-electron chi connectivity index (χ1n) is 2.02. The fourth-order valence-electron chi connectivity index (χ4n) is 0.257. The van der Waals surface area contributed by atoms with Crippen molar-refractivity contribution < 1.29 is 31.8 Å². The first kappa shape index (κ1) is 12.5. The molecule has 0 aromatic carbocycles. The maximum absolute atomic E-state index is 10.0. The molecule has 52 valence electrons. The van der Waals surface area contributed by atoms with E-state index in [1.165, 1.54) is 0 Å². The normalized spacial score (nSPS) is 9.30. The zero-order valence-corrected chi connectivity index (χ0v) is 6.47. The molecule has 0 amide bonds. The molecule has 0 aliphatic rings. The quantitative estimate of drug-likeness (QED) is 0.323. The average molecular weight is 155 g/mol. The topological polar surface area (TPSA) is 60.4 Å². The van der Waals surface area contributed by atoms with Crippen molar-refractivity contribution in [2.75, 3.05) is 0 Å². The van der Waals surface area contributed by atoms with Crippen LogP contribution in [-0.2, 0) is 10.3 Å². The summed E-state index contributed by atoms with van der Waals surface area (Å²) in [6.45, 7) is 6.15. The minimum atomic E-state index is -4.42. The summed E-state index contributed by atoms with van der Waals surface area (Å²) in [5.41, 5.74) is 0. The third kappa shape index (κ3) is 3.75. The Morgan fingerprint density at radius 1 is 1.30 bits per heavy atom. The Hall–Kier alpha value is -0.213. The van der Waals surface area contributed by atoms with Crippen LogP contribution in [0.3, 0.4) is 0 Å². The van der Waals surface area contributed by atoms with Crippen LogP contribution in [0.1, 0.15) is 0 Å². The monoisotopic (exact) mass is 155 g/mol. The molecule has 0 N–H and O–H groups in total. The standard InChI is InChI=1S/C4H7NO3S.Li/c1-3-5(4-2)9(6,7)8;/h3-4H,1-2H2,(H,6,7,8);/q;+1/p-1. The van der Waals surface area contributed by atoms with E-state index in [0.717, 1.165) is 12.4 Å². The van der Waals surface area contributed by atoms with Crippen LogP contribution in [0, 0.1) is 0 Å². The van der Waals surface area contributed by atoms with Gasteiger partial charge in [0.1, 0.15) is 0 Å². The zero-order chi connectivity index (χ0) is 7.49. The number of rotatable bonds is 3. The van der Waals surface area contributed by atoms with Gasteiger partial charge < -0.3 is 4.55 Å². The van der Waals surface area contributed by atoms with Gasteiger partial charge in [-0.05, 0) is 0 Å². The van der Waals surface area contributed by atoms with Crippen LogP contribution in [0.4, 0.5) is 0 Å². The van der Waals surface area contributed by atoms with Gasteiger partial charge in [0.2, 0.25) is 0 Å². The molecule has 0 aromatic rings. The van der Waals surface area contributed by atoms with Gasteiger partial charge in [0.15, 0.2) is 10.3 Å². The second-order valence-electron chi connectivity index (χ2n) is 1.15. The third-order valence-electron chi connectivity index (χ3n) is 0.618. The second-order valence-corrected chi connectivity index (χ2v) is 2.43. The van der Waals surface area contributed by atoms with E-state index >= 15 is 0 Å². The van der Waals surface area contributed by atoms with Gasteiger partial charge in [-0.2, -0.15) is 0 Å². The Kier molecular flexibility index (Phi) is 5.71. The van der Waals surface area contributed by atoms with Crippen molar-refractivity contribution in [3.05, 3.63) is 25.6 Å². The van der Waals surface area contributed by atoms with E-state index in [0.29, 0.717) is 4.31 Å². The molecule has 0 aliphatic heterocycles. The first-order chi connectivity index (χ1) is 4.02. The molecule has 0 spiro atoms. The van der Waals surface area contributed by atoms with Gasteiger partial charge in [0.25, 0.3) is 0 Å². The van der Waals surface area contributed by atoms with Gasteiger partial charge in [0.05, 0.1) is 0 Å². The number of nitrogens with zero attached hydrogens (tertiary/aromatic N) is 1. The summed E-state index contributed by atoms with van der Waals surface area (Å²) in [5.74, 6) is 0. The van der Waals surface area contributed by atoms with Gasteiger partial charge >= 0.3 is 18.9 Å². The number of hydrogen-bond acceptors (Lipinski definition) is 3. The molecule has 0 rings (SSSR count). The Bertz CT molecular complexity index is 203. The predicted molar refractivity (Wildman–Crippen MR) is 31.9 cm³/mol. The smallest absolute Gasteiger partial charge is 0.731 e. The van der Waals surface area contributed by atoms with Crippen molar-refractivity contribution in [3.63, 3.8) is 0 Å². The van der Waals surface area contributed by atoms with Crippen molar-refractivity contribution in [3.8, 4) is 0 Å². The average Bonchev–Trinajstić information content (AvgIpc) is 1.65. The van der Waals surface area contributed by atoms with Crippen molar-refractivity contribution in [1.82, 2.24) is 4.31 Å². The molecular formula is C4H6LiNO3S. The summed E-state index contributed by atoms with van der Waals surface area (Å²) in [6, 6.07) is 0. The van der Waals surface area contributed by atoms with Gasteiger partial charge in [-0.1, -0.05) is 13.2 Å². The van der Waals surface area contributed by atoms with Crippen molar-refractivity contribution in [2.45, 2.75) is 0 Å². The summed E-state index contributed by atoms with van der Waals surface area (Å²) in [5, 5.41) is 0. The van der Waals surface area contributed by atoms with Crippen molar-refractivity contribution in [1.29, 1.82) is 0 Å². The molecule has 6 heteroatoms. The minimum Gasteiger partial charge on any atom is -0.731 e. The van der Waals surface area contributed by atoms with E-state index in [4.69, 9.17) is 0 Å². The summed E-state index contributed by atoms with van der Waals surface area (Å²) >= 11 is 0. The van der Waals surface area contributed by atoms with E-state index in [1.54, 1.807) is 0 Å². The van der Waals surface area contributed by atoms with Crippen molar-refractivity contribution in [2.24, 2.45) is 0 Å². The van der Waals surface area contributed by atoms with Crippen LogP contribution < -0.4 is 18.9 Å². The van der Waals surface area contributed by atoms with Crippen LogP contribution in [0.2, 0.25) is 0 Å². The molecule has 0 unspecified atom stereocenters. The van der Waals surface area contributed by atoms with Gasteiger partial charge in [-0.15, -0.1) is 0 Å². The van der Waals surface area contributed by atoms with Crippen LogP contribution in [0.5, 0.6) is 0 Å². The predicted octanol–water partition coefficient (Wildman–Crippen LogP) is -2.96. The molecule has 0 aliphatic carbocycles. The molecule has 0 heterocycles. The summed E-state index contributed by atoms with van der Waals surface area (Å²) < 4.78 is 30.4. The number of hydrogen-bond donors (Lipinski definition) is 0. The van der Waals surface area contributed by atoms with Crippen molar-refractivity contribution >= 4 is 10.3 Å². The summed E-state index contributed by atoms with van der Waals surface area (Å²) in [4.78, 5) is 0. The molecule has 4 nitrogen and oxygen atoms in total. The fraction of sp³-hybridized carbons (Fsp3) is 0. The van der Waals surface area contributed by atoms with Crippen LogP contribution in [0.25, 0.3) is 0 Å². The largest absolute Gasteiger partial charge is 1.00 e. The molecule has 0 atom stereocenters. The maximum Gasteiger partial charge on any atom is 1.00 e. The van der Waals surface area contributed by atoms with Crippen LogP contribution >= 0.6 is 0 Å². The Balaban J connectivity index is 0. The molecule has 10 heavy (non-hydrogen) atoms. The molecule has 0 radical (unpaired) electrons. The summed E-state index contributed by atoms with van der Waals surface area (Å²) in [6.07, 6.45) is 1.74.